The van der Waals surface area contributed by atoms with Gasteiger partial charge in [0.25, 0.3) is 0 Å². The number of benzene rings is 3. The molecule has 0 bridgehead atoms. The lowest BCUT2D eigenvalue weighted by Gasteiger charge is -2.23. The largest absolute Gasteiger partial charge is 0.353 e. The van der Waals surface area contributed by atoms with Gasteiger partial charge in [-0.2, -0.15) is 0 Å². The third kappa shape index (κ3) is 2.20. The molecule has 0 saturated carbocycles. The molecule has 1 N–H and O–H groups in total. The van der Waals surface area contributed by atoms with Gasteiger partial charge in [0, 0.05) is 20.9 Å². The highest BCUT2D eigenvalue weighted by Crippen LogP contribution is 2.47. The summed E-state index contributed by atoms with van der Waals surface area (Å²) in [6, 6.07) is 22.3. The van der Waals surface area contributed by atoms with E-state index in [-0.39, 0.29) is 0 Å². The van der Waals surface area contributed by atoms with E-state index in [1.165, 1.54) is 9.79 Å². The summed E-state index contributed by atoms with van der Waals surface area (Å²) in [6.45, 7) is 0. The number of rotatable bonds is 2. The number of para-hydroxylation sites is 2. The Morgan fingerprint density at radius 1 is 0.818 bits per heavy atom. The zero-order chi connectivity index (χ0) is 14.9. The Labute approximate surface area is 133 Å². The summed E-state index contributed by atoms with van der Waals surface area (Å²) in [5, 5.41) is 3.55. The van der Waals surface area contributed by atoms with Crippen LogP contribution < -0.4 is 5.32 Å². The van der Waals surface area contributed by atoms with Crippen molar-refractivity contribution < 1.29 is 4.79 Å². The number of nitrogens with one attached hydrogen (secondary N) is 1. The lowest BCUT2D eigenvalue weighted by Crippen LogP contribution is -2.01. The molecule has 0 atom stereocenters. The van der Waals surface area contributed by atoms with Gasteiger partial charge < -0.3 is 5.32 Å². The van der Waals surface area contributed by atoms with Gasteiger partial charge in [-0.25, -0.2) is 0 Å². The van der Waals surface area contributed by atoms with Crippen LogP contribution in [0.2, 0.25) is 0 Å². The smallest absolute Gasteiger partial charge is 0.150 e. The van der Waals surface area contributed by atoms with Crippen LogP contribution >= 0.6 is 11.8 Å². The van der Waals surface area contributed by atoms with Crippen molar-refractivity contribution in [2.75, 3.05) is 5.32 Å². The number of fused-ring (bicyclic) bond motifs is 2. The molecule has 0 unspecified atom stereocenters. The van der Waals surface area contributed by atoms with Crippen molar-refractivity contribution in [3.63, 3.8) is 0 Å². The molecule has 3 heteroatoms. The zero-order valence-electron chi connectivity index (χ0n) is 11.7. The SMILES string of the molecule is O=Cc1ccc(-c2cccc3c2Nc2ccccc2S3)cc1. The van der Waals surface area contributed by atoms with E-state index < -0.39 is 0 Å². The predicted molar refractivity (Wildman–Crippen MR) is 91.1 cm³/mol. The zero-order valence-corrected chi connectivity index (χ0v) is 12.6. The third-order valence-electron chi connectivity index (χ3n) is 3.75. The molecule has 0 aromatic heterocycles. The number of hydrogen-bond acceptors (Lipinski definition) is 3. The second kappa shape index (κ2) is 5.35. The van der Waals surface area contributed by atoms with Crippen LogP contribution in [0.1, 0.15) is 10.4 Å². The van der Waals surface area contributed by atoms with Crippen molar-refractivity contribution in [3.05, 3.63) is 72.3 Å². The van der Waals surface area contributed by atoms with Crippen LogP contribution in [0.3, 0.4) is 0 Å². The van der Waals surface area contributed by atoms with Gasteiger partial charge in [0.1, 0.15) is 6.29 Å². The molecular weight excluding hydrogens is 290 g/mol. The molecule has 22 heavy (non-hydrogen) atoms. The van der Waals surface area contributed by atoms with E-state index in [1.807, 2.05) is 30.3 Å². The molecule has 0 spiro atoms. The summed E-state index contributed by atoms with van der Waals surface area (Å²) in [6.07, 6.45) is 0.870. The first kappa shape index (κ1) is 13.2. The Balaban J connectivity index is 1.81. The Bertz CT molecular complexity index is 856. The molecule has 4 rings (SSSR count). The van der Waals surface area contributed by atoms with Crippen molar-refractivity contribution in [3.8, 4) is 11.1 Å². The van der Waals surface area contributed by atoms with E-state index in [2.05, 4.69) is 41.7 Å². The van der Waals surface area contributed by atoms with E-state index in [9.17, 15) is 4.79 Å². The van der Waals surface area contributed by atoms with Gasteiger partial charge in [-0.05, 0) is 23.8 Å². The van der Waals surface area contributed by atoms with Gasteiger partial charge in [-0.3, -0.25) is 4.79 Å². The minimum atomic E-state index is 0.696. The number of carbonyl (C=O) groups is 1. The summed E-state index contributed by atoms with van der Waals surface area (Å²) in [4.78, 5) is 13.3. The fourth-order valence-corrected chi connectivity index (χ4v) is 3.66. The quantitative estimate of drug-likeness (QED) is 0.504. The van der Waals surface area contributed by atoms with E-state index in [4.69, 9.17) is 0 Å². The van der Waals surface area contributed by atoms with E-state index >= 15 is 0 Å². The Kier molecular flexibility index (Phi) is 3.20. The summed E-state index contributed by atoms with van der Waals surface area (Å²) in [7, 11) is 0. The summed E-state index contributed by atoms with van der Waals surface area (Å²) >= 11 is 1.78. The maximum absolute atomic E-state index is 10.8. The van der Waals surface area contributed by atoms with Crippen LogP contribution in [0.25, 0.3) is 11.1 Å². The molecule has 0 amide bonds. The average molecular weight is 303 g/mol. The minimum Gasteiger partial charge on any atom is -0.353 e. The van der Waals surface area contributed by atoms with Crippen molar-refractivity contribution in [2.45, 2.75) is 9.79 Å². The highest BCUT2D eigenvalue weighted by Gasteiger charge is 2.18. The molecule has 1 heterocycles. The van der Waals surface area contributed by atoms with Crippen molar-refractivity contribution >= 4 is 29.4 Å². The molecule has 0 aliphatic carbocycles. The number of hydrogen-bond donors (Lipinski definition) is 1. The average Bonchev–Trinajstić information content (AvgIpc) is 2.59. The molecule has 0 fully saturated rings. The molecule has 0 saturated heterocycles. The fourth-order valence-electron chi connectivity index (χ4n) is 2.64. The predicted octanol–water partition coefficient (Wildman–Crippen LogP) is 5.37. The first-order valence-corrected chi connectivity index (χ1v) is 7.89. The molecule has 3 aromatic carbocycles. The monoisotopic (exact) mass is 303 g/mol. The maximum Gasteiger partial charge on any atom is 0.150 e. The second-order valence-electron chi connectivity index (χ2n) is 5.14. The highest BCUT2D eigenvalue weighted by atomic mass is 32.2. The summed E-state index contributed by atoms with van der Waals surface area (Å²) in [5.74, 6) is 0. The van der Waals surface area contributed by atoms with Gasteiger partial charge in [0.05, 0.1) is 11.4 Å². The fraction of sp³-hybridized carbons (Fsp3) is 0. The minimum absolute atomic E-state index is 0.696. The molecule has 1 aliphatic rings. The standard InChI is InChI=1S/C19H13NOS/c21-12-13-8-10-14(11-9-13)15-4-3-7-18-19(15)20-16-5-1-2-6-17(16)22-18/h1-12,20H. The molecular formula is C19H13NOS. The van der Waals surface area contributed by atoms with Crippen LogP contribution in [0.5, 0.6) is 0 Å². The van der Waals surface area contributed by atoms with Crippen molar-refractivity contribution in [2.24, 2.45) is 0 Å². The van der Waals surface area contributed by atoms with Gasteiger partial charge >= 0.3 is 0 Å². The van der Waals surface area contributed by atoms with Crippen molar-refractivity contribution in [1.82, 2.24) is 0 Å². The number of carbonyl (C=O) groups excluding carboxylic acids is 1. The van der Waals surface area contributed by atoms with Gasteiger partial charge in [0.15, 0.2) is 0 Å². The molecule has 106 valence electrons. The lowest BCUT2D eigenvalue weighted by molar-refractivity contribution is 0.112. The van der Waals surface area contributed by atoms with Crippen LogP contribution in [-0.4, -0.2) is 6.29 Å². The summed E-state index contributed by atoms with van der Waals surface area (Å²) in [5.41, 5.74) is 5.22. The molecule has 0 radical (unpaired) electrons. The van der Waals surface area contributed by atoms with Crippen LogP contribution in [0, 0.1) is 0 Å². The molecule has 1 aliphatic heterocycles. The lowest BCUT2D eigenvalue weighted by atomic mass is 10.0. The topological polar surface area (TPSA) is 29.1 Å². The molecule has 2 nitrogen and oxygen atoms in total. The van der Waals surface area contributed by atoms with Crippen molar-refractivity contribution in [1.29, 1.82) is 0 Å². The third-order valence-corrected chi connectivity index (χ3v) is 4.89. The van der Waals surface area contributed by atoms with Gasteiger partial charge in [-0.1, -0.05) is 60.3 Å². The van der Waals surface area contributed by atoms with E-state index in [1.54, 1.807) is 11.8 Å². The Morgan fingerprint density at radius 2 is 1.59 bits per heavy atom. The Hall–Kier alpha value is -2.52. The van der Waals surface area contributed by atoms with Gasteiger partial charge in [-0.15, -0.1) is 0 Å². The second-order valence-corrected chi connectivity index (χ2v) is 6.23. The van der Waals surface area contributed by atoms with E-state index in [0.717, 1.165) is 28.8 Å². The summed E-state index contributed by atoms with van der Waals surface area (Å²) < 4.78 is 0. The Morgan fingerprint density at radius 3 is 2.41 bits per heavy atom. The van der Waals surface area contributed by atoms with Crippen LogP contribution in [0.15, 0.2) is 76.5 Å². The van der Waals surface area contributed by atoms with Crippen LogP contribution in [0.4, 0.5) is 11.4 Å². The normalized spacial score (nSPS) is 12.0. The van der Waals surface area contributed by atoms with Gasteiger partial charge in [0.2, 0.25) is 0 Å². The first-order chi connectivity index (χ1) is 10.8. The number of aldehydes is 1. The highest BCUT2D eigenvalue weighted by molar-refractivity contribution is 7.99. The maximum atomic E-state index is 10.8. The van der Waals surface area contributed by atoms with E-state index in [0.29, 0.717) is 5.56 Å². The molecule has 3 aromatic rings. The number of anilines is 2. The first-order valence-electron chi connectivity index (χ1n) is 7.08. The van der Waals surface area contributed by atoms with Crippen LogP contribution in [-0.2, 0) is 0 Å².